The van der Waals surface area contributed by atoms with Crippen LogP contribution < -0.4 is 0 Å². The maximum absolute atomic E-state index is 5.47. The molecule has 0 radical (unpaired) electrons. The van der Waals surface area contributed by atoms with Crippen LogP contribution in [0.4, 0.5) is 0 Å². The molecule has 0 amide bonds. The minimum absolute atomic E-state index is 0.198. The van der Waals surface area contributed by atoms with Crippen molar-refractivity contribution in [2.75, 3.05) is 0 Å². The first-order valence-corrected chi connectivity index (χ1v) is 20.4. The number of hydrogen-bond acceptors (Lipinski definition) is 2. The predicted octanol–water partition coefficient (Wildman–Crippen LogP) is 15.1. The van der Waals surface area contributed by atoms with E-state index in [-0.39, 0.29) is 5.41 Å². The summed E-state index contributed by atoms with van der Waals surface area (Å²) in [5.41, 5.74) is 17.2. The monoisotopic (exact) mass is 752 g/mol. The Bertz CT molecular complexity index is 3220. The Morgan fingerprint density at radius 3 is 1.56 bits per heavy atom. The van der Waals surface area contributed by atoms with E-state index in [4.69, 9.17) is 9.97 Å². The molecule has 2 nitrogen and oxygen atoms in total. The first kappa shape index (κ1) is 34.8. The van der Waals surface area contributed by atoms with Crippen molar-refractivity contribution >= 4 is 21.5 Å². The lowest BCUT2D eigenvalue weighted by Crippen LogP contribution is -2.17. The highest BCUT2D eigenvalue weighted by Crippen LogP contribution is 2.55. The van der Waals surface area contributed by atoms with Gasteiger partial charge in [0.05, 0.1) is 11.4 Å². The number of nitrogens with zero attached hydrogens (tertiary/aromatic N) is 2. The summed E-state index contributed by atoms with van der Waals surface area (Å²) >= 11 is 0. The van der Waals surface area contributed by atoms with Gasteiger partial charge in [-0.25, -0.2) is 9.97 Å². The van der Waals surface area contributed by atoms with E-state index in [1.165, 1.54) is 60.7 Å². The van der Waals surface area contributed by atoms with Crippen molar-refractivity contribution in [2.45, 2.75) is 19.3 Å². The summed E-state index contributed by atoms with van der Waals surface area (Å²) in [6.45, 7) is 4.79. The van der Waals surface area contributed by atoms with Crippen LogP contribution in [0.3, 0.4) is 0 Å². The van der Waals surface area contributed by atoms with Gasteiger partial charge in [-0.15, -0.1) is 0 Å². The second-order valence-corrected chi connectivity index (χ2v) is 16.1. The van der Waals surface area contributed by atoms with Gasteiger partial charge in [0.2, 0.25) is 0 Å². The predicted molar refractivity (Wildman–Crippen MR) is 247 cm³/mol. The second-order valence-electron chi connectivity index (χ2n) is 16.1. The molecule has 1 aromatic heterocycles. The van der Waals surface area contributed by atoms with Crippen LogP contribution in [0.15, 0.2) is 206 Å². The maximum atomic E-state index is 5.47. The van der Waals surface area contributed by atoms with E-state index in [0.717, 1.165) is 44.6 Å². The molecule has 0 saturated carbocycles. The van der Waals surface area contributed by atoms with Gasteiger partial charge in [0.15, 0.2) is 5.82 Å². The molecular formula is C57H40N2. The van der Waals surface area contributed by atoms with E-state index >= 15 is 0 Å². The van der Waals surface area contributed by atoms with E-state index in [2.05, 4.69) is 220 Å². The summed E-state index contributed by atoms with van der Waals surface area (Å²) in [4.78, 5) is 10.8. The Morgan fingerprint density at radius 2 is 0.831 bits per heavy atom. The maximum Gasteiger partial charge on any atom is 0.161 e. The summed E-state index contributed by atoms with van der Waals surface area (Å²) < 4.78 is 0. The van der Waals surface area contributed by atoms with E-state index in [0.29, 0.717) is 5.82 Å². The van der Waals surface area contributed by atoms with Crippen LogP contribution in [0.2, 0.25) is 0 Å². The SMILES string of the molecule is CC1(C)c2c(cccc2-c2ccc(-c3nc(-c4ccccc4)cc(-c4ccc(-c5ccccc5)cc4-c4ccccc4)n3)c3ccccc23)-c2ccc3ccccc3c21. The highest BCUT2D eigenvalue weighted by Gasteiger charge is 2.39. The van der Waals surface area contributed by atoms with Crippen molar-refractivity contribution in [3.8, 4) is 78.4 Å². The Kier molecular flexibility index (Phi) is 8.20. The lowest BCUT2D eigenvalue weighted by Gasteiger charge is -2.26. The van der Waals surface area contributed by atoms with E-state index in [9.17, 15) is 0 Å². The molecule has 10 aromatic rings. The van der Waals surface area contributed by atoms with E-state index < -0.39 is 0 Å². The first-order valence-electron chi connectivity index (χ1n) is 20.4. The lowest BCUT2D eigenvalue weighted by atomic mass is 9.77. The molecule has 0 N–H and O–H groups in total. The van der Waals surface area contributed by atoms with Crippen LogP contribution in [0, 0.1) is 0 Å². The molecule has 0 spiro atoms. The van der Waals surface area contributed by atoms with Crippen molar-refractivity contribution in [3.05, 3.63) is 217 Å². The van der Waals surface area contributed by atoms with Crippen LogP contribution in [-0.4, -0.2) is 9.97 Å². The van der Waals surface area contributed by atoms with Crippen LogP contribution in [0.1, 0.15) is 25.0 Å². The van der Waals surface area contributed by atoms with Gasteiger partial charge in [-0.3, -0.25) is 0 Å². The van der Waals surface area contributed by atoms with Crippen LogP contribution in [-0.2, 0) is 5.41 Å². The Labute approximate surface area is 345 Å². The van der Waals surface area contributed by atoms with Gasteiger partial charge >= 0.3 is 0 Å². The Morgan fingerprint density at radius 1 is 0.305 bits per heavy atom. The van der Waals surface area contributed by atoms with Crippen LogP contribution in [0.5, 0.6) is 0 Å². The summed E-state index contributed by atoms with van der Waals surface area (Å²) in [5, 5.41) is 4.92. The summed E-state index contributed by atoms with van der Waals surface area (Å²) in [5.74, 6) is 0.702. The third-order valence-corrected chi connectivity index (χ3v) is 12.3. The van der Waals surface area contributed by atoms with Gasteiger partial charge in [0.25, 0.3) is 0 Å². The fraction of sp³-hybridized carbons (Fsp3) is 0.0526. The minimum Gasteiger partial charge on any atom is -0.228 e. The number of benzene rings is 9. The molecular weight excluding hydrogens is 713 g/mol. The third kappa shape index (κ3) is 5.79. The zero-order valence-electron chi connectivity index (χ0n) is 33.0. The molecule has 1 aliphatic carbocycles. The van der Waals surface area contributed by atoms with Crippen LogP contribution in [0.25, 0.3) is 100.0 Å². The highest BCUT2D eigenvalue weighted by molar-refractivity contribution is 6.07. The average molecular weight is 753 g/mol. The van der Waals surface area contributed by atoms with Gasteiger partial charge in [-0.1, -0.05) is 202 Å². The molecule has 0 aliphatic heterocycles. The van der Waals surface area contributed by atoms with Crippen molar-refractivity contribution < 1.29 is 0 Å². The normalized spacial score (nSPS) is 12.7. The van der Waals surface area contributed by atoms with Gasteiger partial charge in [-0.05, 0) is 95.4 Å². The highest BCUT2D eigenvalue weighted by atomic mass is 14.9. The molecule has 0 bridgehead atoms. The molecule has 0 atom stereocenters. The second kappa shape index (κ2) is 13.9. The summed E-state index contributed by atoms with van der Waals surface area (Å²) in [6.07, 6.45) is 0. The quantitative estimate of drug-likeness (QED) is 0.169. The standard InChI is InChI=1S/C57H40N2/c1-57(2)54-42-24-13-12-21-39(42)29-32-49(54)48-28-16-27-47(55(48)57)45-33-34-50(44-26-15-14-25-43(44)45)56-58-52(40-22-10-5-11-23-40)36-53(59-56)46-31-30-41(37-17-6-3-7-18-37)35-51(46)38-19-8-4-9-20-38/h3-36H,1-2H3. The molecule has 1 heterocycles. The Hall–Kier alpha value is -7.42. The van der Waals surface area contributed by atoms with Crippen molar-refractivity contribution in [2.24, 2.45) is 0 Å². The third-order valence-electron chi connectivity index (χ3n) is 12.3. The molecule has 11 rings (SSSR count). The fourth-order valence-corrected chi connectivity index (χ4v) is 9.59. The summed E-state index contributed by atoms with van der Waals surface area (Å²) in [7, 11) is 0. The lowest BCUT2D eigenvalue weighted by molar-refractivity contribution is 0.668. The van der Waals surface area contributed by atoms with E-state index in [1.54, 1.807) is 0 Å². The Balaban J connectivity index is 1.11. The number of fused-ring (bicyclic) bond motifs is 6. The zero-order valence-corrected chi connectivity index (χ0v) is 33.0. The topological polar surface area (TPSA) is 25.8 Å². The fourth-order valence-electron chi connectivity index (χ4n) is 9.59. The van der Waals surface area contributed by atoms with Gasteiger partial charge in [0.1, 0.15) is 0 Å². The van der Waals surface area contributed by atoms with Crippen LogP contribution >= 0.6 is 0 Å². The molecule has 59 heavy (non-hydrogen) atoms. The molecule has 0 unspecified atom stereocenters. The molecule has 0 saturated heterocycles. The molecule has 2 heteroatoms. The molecule has 0 fully saturated rings. The molecule has 1 aliphatic rings. The van der Waals surface area contributed by atoms with Crippen molar-refractivity contribution in [1.29, 1.82) is 0 Å². The van der Waals surface area contributed by atoms with Crippen molar-refractivity contribution in [1.82, 2.24) is 9.97 Å². The van der Waals surface area contributed by atoms with Gasteiger partial charge < -0.3 is 0 Å². The average Bonchev–Trinajstić information content (AvgIpc) is 3.55. The smallest absolute Gasteiger partial charge is 0.161 e. The number of rotatable bonds is 6. The van der Waals surface area contributed by atoms with Gasteiger partial charge in [0, 0.05) is 22.1 Å². The zero-order chi connectivity index (χ0) is 39.5. The molecule has 9 aromatic carbocycles. The first-order chi connectivity index (χ1) is 29.0. The van der Waals surface area contributed by atoms with E-state index in [1.807, 2.05) is 0 Å². The molecule has 278 valence electrons. The van der Waals surface area contributed by atoms with Crippen molar-refractivity contribution in [3.63, 3.8) is 0 Å². The number of aromatic nitrogens is 2. The van der Waals surface area contributed by atoms with Gasteiger partial charge in [-0.2, -0.15) is 0 Å². The number of hydrogen-bond donors (Lipinski definition) is 0. The summed E-state index contributed by atoms with van der Waals surface area (Å²) in [6, 6.07) is 74.1. The minimum atomic E-state index is -0.198. The largest absolute Gasteiger partial charge is 0.228 e.